The van der Waals surface area contributed by atoms with Crippen LogP contribution in [0.15, 0.2) is 78.9 Å². The second kappa shape index (κ2) is 18.8. The Morgan fingerprint density at radius 1 is 0.654 bits per heavy atom. The predicted molar refractivity (Wildman–Crippen MR) is 213 cm³/mol. The first kappa shape index (κ1) is 42.6. The van der Waals surface area contributed by atoms with Crippen molar-refractivity contribution >= 4 is 23.3 Å². The fourth-order valence-corrected chi connectivity index (χ4v) is 7.97. The number of hydrogen-bond donors (Lipinski definition) is 0. The zero-order valence-electron chi connectivity index (χ0n) is 33.8. The van der Waals surface area contributed by atoms with Crippen LogP contribution in [0, 0.1) is 53.3 Å². The Balaban J connectivity index is 1.98. The van der Waals surface area contributed by atoms with E-state index >= 15 is 0 Å². The average molecular weight is 709 g/mol. The van der Waals surface area contributed by atoms with E-state index in [1.54, 1.807) is 6.92 Å². The van der Waals surface area contributed by atoms with Gasteiger partial charge in [0.05, 0.1) is 13.5 Å². The Bertz CT molecular complexity index is 1610. The molecule has 6 atom stereocenters. The Labute approximate surface area is 314 Å². The van der Waals surface area contributed by atoms with Crippen LogP contribution in [0.5, 0.6) is 0 Å². The van der Waals surface area contributed by atoms with Crippen molar-refractivity contribution in [2.24, 2.45) is 46.3 Å². The van der Waals surface area contributed by atoms with Gasteiger partial charge in [0, 0.05) is 30.6 Å². The minimum Gasteiger partial charge on any atom is -0.469 e. The van der Waals surface area contributed by atoms with Crippen LogP contribution >= 0.6 is 0 Å². The van der Waals surface area contributed by atoms with Gasteiger partial charge in [-0.25, -0.2) is 0 Å². The van der Waals surface area contributed by atoms with E-state index in [1.807, 2.05) is 45.9 Å². The molecule has 0 aliphatic heterocycles. The zero-order valence-corrected chi connectivity index (χ0v) is 33.8. The van der Waals surface area contributed by atoms with Crippen LogP contribution in [-0.2, 0) is 36.8 Å². The molecule has 0 heterocycles. The lowest BCUT2D eigenvalue weighted by Crippen LogP contribution is -2.38. The molecule has 0 aromatic heterocycles. The van der Waals surface area contributed by atoms with E-state index < -0.39 is 17.3 Å². The van der Waals surface area contributed by atoms with Crippen molar-refractivity contribution in [3.63, 3.8) is 0 Å². The molecule has 3 aromatic carbocycles. The van der Waals surface area contributed by atoms with Crippen LogP contribution in [0.25, 0.3) is 11.1 Å². The summed E-state index contributed by atoms with van der Waals surface area (Å²) in [6.07, 6.45) is 2.95. The number of ketones is 3. The maximum atomic E-state index is 14.3. The van der Waals surface area contributed by atoms with Gasteiger partial charge in [-0.15, -0.1) is 0 Å². The Morgan fingerprint density at radius 3 is 1.69 bits per heavy atom. The van der Waals surface area contributed by atoms with Gasteiger partial charge in [0.2, 0.25) is 0 Å². The standard InChI is InChI=1S/C47H64O5/c1-31-17-21-38(22-18-31)39-23-19-36(20-24-39)27-40(29-43(50)45(47(8,9)10)33(3)34(4)48)32(2)25-37(26-35-15-13-12-14-16-35)28-42(49)41(46(5,6)7)30-44(51)52-11/h12-24,32-33,37,40-41,45H,25-30H2,1-11H3. The maximum Gasteiger partial charge on any atom is 0.306 e. The van der Waals surface area contributed by atoms with E-state index in [0.29, 0.717) is 19.3 Å². The first-order chi connectivity index (χ1) is 24.3. The lowest BCUT2D eigenvalue weighted by molar-refractivity contribution is -0.146. The molecule has 0 bridgehead atoms. The fourth-order valence-electron chi connectivity index (χ4n) is 7.97. The van der Waals surface area contributed by atoms with E-state index in [2.05, 4.69) is 95.3 Å². The second-order valence-electron chi connectivity index (χ2n) is 17.6. The quantitative estimate of drug-likeness (QED) is 0.123. The van der Waals surface area contributed by atoms with Crippen molar-refractivity contribution in [2.75, 3.05) is 7.11 Å². The summed E-state index contributed by atoms with van der Waals surface area (Å²) >= 11 is 0. The first-order valence-corrected chi connectivity index (χ1v) is 19.1. The van der Waals surface area contributed by atoms with Gasteiger partial charge in [-0.05, 0) is 83.9 Å². The summed E-state index contributed by atoms with van der Waals surface area (Å²) in [6, 6.07) is 27.4. The molecule has 5 nitrogen and oxygen atoms in total. The largest absolute Gasteiger partial charge is 0.469 e. The molecule has 0 spiro atoms. The van der Waals surface area contributed by atoms with Crippen molar-refractivity contribution in [1.29, 1.82) is 0 Å². The van der Waals surface area contributed by atoms with Gasteiger partial charge >= 0.3 is 5.97 Å². The van der Waals surface area contributed by atoms with Crippen molar-refractivity contribution in [1.82, 2.24) is 0 Å². The van der Waals surface area contributed by atoms with E-state index in [9.17, 15) is 19.2 Å². The second-order valence-corrected chi connectivity index (χ2v) is 17.6. The molecule has 0 saturated carbocycles. The fraction of sp³-hybridized carbons (Fsp3) is 0.532. The summed E-state index contributed by atoms with van der Waals surface area (Å²) in [6.45, 7) is 20.0. The summed E-state index contributed by atoms with van der Waals surface area (Å²) in [7, 11) is 1.37. The van der Waals surface area contributed by atoms with Crippen LogP contribution in [0.4, 0.5) is 0 Å². The van der Waals surface area contributed by atoms with Crippen molar-refractivity contribution in [3.05, 3.63) is 95.6 Å². The topological polar surface area (TPSA) is 77.5 Å². The number of rotatable bonds is 18. The molecular formula is C47H64O5. The summed E-state index contributed by atoms with van der Waals surface area (Å²) < 4.78 is 4.98. The van der Waals surface area contributed by atoms with E-state index in [4.69, 9.17) is 4.74 Å². The summed E-state index contributed by atoms with van der Waals surface area (Å²) in [5.41, 5.74) is 5.09. The lowest BCUT2D eigenvalue weighted by atomic mass is 9.67. The smallest absolute Gasteiger partial charge is 0.306 e. The molecule has 3 aromatic rings. The highest BCUT2D eigenvalue weighted by molar-refractivity contribution is 5.89. The monoisotopic (exact) mass is 708 g/mol. The molecule has 0 radical (unpaired) electrons. The highest BCUT2D eigenvalue weighted by Gasteiger charge is 2.40. The zero-order chi connectivity index (χ0) is 38.8. The highest BCUT2D eigenvalue weighted by atomic mass is 16.5. The van der Waals surface area contributed by atoms with Gasteiger partial charge in [0.25, 0.3) is 0 Å². The van der Waals surface area contributed by atoms with E-state index in [0.717, 1.165) is 35.1 Å². The molecule has 6 unspecified atom stereocenters. The number of benzene rings is 3. The van der Waals surface area contributed by atoms with Gasteiger partial charge in [-0.1, -0.05) is 140 Å². The number of hydrogen-bond acceptors (Lipinski definition) is 5. The van der Waals surface area contributed by atoms with Crippen LogP contribution in [0.3, 0.4) is 0 Å². The third kappa shape index (κ3) is 12.7. The molecule has 0 aliphatic rings. The third-order valence-corrected chi connectivity index (χ3v) is 11.1. The summed E-state index contributed by atoms with van der Waals surface area (Å²) in [5, 5.41) is 0. The molecule has 0 fully saturated rings. The maximum absolute atomic E-state index is 14.3. The van der Waals surface area contributed by atoms with Crippen LogP contribution in [0.1, 0.15) is 105 Å². The lowest BCUT2D eigenvalue weighted by Gasteiger charge is -2.36. The molecule has 0 amide bonds. The molecule has 282 valence electrons. The van der Waals surface area contributed by atoms with Crippen molar-refractivity contribution < 1.29 is 23.9 Å². The predicted octanol–water partition coefficient (Wildman–Crippen LogP) is 10.7. The Hall–Kier alpha value is -3.86. The molecule has 0 N–H and O–H groups in total. The third-order valence-electron chi connectivity index (χ3n) is 11.1. The number of Topliss-reactive ketones (excluding diaryl/α,β-unsaturated/α-hetero) is 3. The molecule has 0 aliphatic carbocycles. The first-order valence-electron chi connectivity index (χ1n) is 19.1. The van der Waals surface area contributed by atoms with E-state index in [-0.39, 0.29) is 58.8 Å². The number of carbonyl (C=O) groups excluding carboxylic acids is 4. The SMILES string of the molecule is COC(=O)CC(C(=O)CC(Cc1ccccc1)CC(C)C(CC(=O)C(C(C)C(C)=O)C(C)(C)C)Cc1ccc(-c2ccc(C)cc2)cc1)C(C)(C)C. The Kier molecular flexibility index (Phi) is 15.4. The van der Waals surface area contributed by atoms with Crippen molar-refractivity contribution in [2.45, 2.75) is 108 Å². The molecule has 3 rings (SSSR count). The van der Waals surface area contributed by atoms with Gasteiger partial charge < -0.3 is 4.74 Å². The Morgan fingerprint density at radius 2 is 1.19 bits per heavy atom. The normalized spacial score (nSPS) is 15.5. The number of methoxy groups -OCH3 is 1. The summed E-state index contributed by atoms with van der Waals surface area (Å²) in [5.74, 6) is -1.23. The highest BCUT2D eigenvalue weighted by Crippen LogP contribution is 2.39. The van der Waals surface area contributed by atoms with Crippen LogP contribution < -0.4 is 0 Å². The van der Waals surface area contributed by atoms with Gasteiger partial charge in [-0.2, -0.15) is 0 Å². The van der Waals surface area contributed by atoms with Crippen LogP contribution in [0.2, 0.25) is 0 Å². The average Bonchev–Trinajstić information content (AvgIpc) is 3.06. The minimum absolute atomic E-state index is 0.00332. The van der Waals surface area contributed by atoms with Crippen LogP contribution in [-0.4, -0.2) is 30.4 Å². The molecule has 0 saturated heterocycles. The minimum atomic E-state index is -0.460. The van der Waals surface area contributed by atoms with Gasteiger partial charge in [0.15, 0.2) is 0 Å². The van der Waals surface area contributed by atoms with Crippen molar-refractivity contribution in [3.8, 4) is 11.1 Å². The number of aryl methyl sites for hydroxylation is 1. The van der Waals surface area contributed by atoms with E-state index in [1.165, 1.54) is 12.7 Å². The van der Waals surface area contributed by atoms with Gasteiger partial charge in [0.1, 0.15) is 17.3 Å². The van der Waals surface area contributed by atoms with Gasteiger partial charge in [-0.3, -0.25) is 19.2 Å². The number of esters is 1. The molecule has 52 heavy (non-hydrogen) atoms. The molecule has 5 heteroatoms. The molecular weight excluding hydrogens is 645 g/mol. The summed E-state index contributed by atoms with van der Waals surface area (Å²) in [4.78, 5) is 53.4. The number of ether oxygens (including phenoxy) is 1. The number of carbonyl (C=O) groups is 4.